The van der Waals surface area contributed by atoms with Gasteiger partial charge in [-0.3, -0.25) is 4.79 Å². The van der Waals surface area contributed by atoms with Crippen LogP contribution in [0.15, 0.2) is 24.3 Å². The third-order valence-electron chi connectivity index (χ3n) is 4.18. The van der Waals surface area contributed by atoms with E-state index in [0.29, 0.717) is 10.6 Å². The Labute approximate surface area is 146 Å². The fraction of sp³-hybridized carbons (Fsp3) is 0.444. The maximum absolute atomic E-state index is 12.5. The van der Waals surface area contributed by atoms with Crippen molar-refractivity contribution in [2.45, 2.75) is 33.2 Å². The molecule has 0 saturated carbocycles. The van der Waals surface area contributed by atoms with Crippen LogP contribution in [0, 0.1) is 12.8 Å². The summed E-state index contributed by atoms with van der Waals surface area (Å²) in [6.45, 7) is 5.82. The summed E-state index contributed by atoms with van der Waals surface area (Å²) < 4.78 is 5.16. The second-order valence-corrected chi connectivity index (χ2v) is 6.81. The highest BCUT2D eigenvalue weighted by atomic mass is 32.1. The van der Waals surface area contributed by atoms with Crippen molar-refractivity contribution in [1.82, 2.24) is 10.3 Å². The number of nitrogens with one attached hydrogen (secondary N) is 1. The monoisotopic (exact) mass is 348 g/mol. The molecule has 5 nitrogen and oxygen atoms in total. The second-order valence-electron chi connectivity index (χ2n) is 5.81. The van der Waals surface area contributed by atoms with Crippen molar-refractivity contribution in [3.8, 4) is 16.3 Å². The summed E-state index contributed by atoms with van der Waals surface area (Å²) in [5, 5.41) is 13.2. The number of benzene rings is 1. The van der Waals surface area contributed by atoms with Gasteiger partial charge >= 0.3 is 0 Å². The maximum Gasteiger partial charge on any atom is 0.263 e. The Kier molecular flexibility index (Phi) is 6.34. The first-order chi connectivity index (χ1) is 11.5. The molecule has 130 valence electrons. The number of aliphatic hydroxyl groups excluding tert-OH is 1. The van der Waals surface area contributed by atoms with Crippen LogP contribution >= 0.6 is 11.3 Å². The van der Waals surface area contributed by atoms with Crippen molar-refractivity contribution >= 4 is 17.2 Å². The average Bonchev–Trinajstić information content (AvgIpc) is 3.00. The number of hydrogen-bond donors (Lipinski definition) is 2. The van der Waals surface area contributed by atoms with Gasteiger partial charge in [0.15, 0.2) is 0 Å². The van der Waals surface area contributed by atoms with Gasteiger partial charge in [-0.1, -0.05) is 20.3 Å². The molecule has 6 heteroatoms. The molecule has 0 aliphatic carbocycles. The van der Waals surface area contributed by atoms with Gasteiger partial charge in [0.05, 0.1) is 25.5 Å². The van der Waals surface area contributed by atoms with E-state index in [9.17, 15) is 9.90 Å². The van der Waals surface area contributed by atoms with E-state index >= 15 is 0 Å². The van der Waals surface area contributed by atoms with Gasteiger partial charge in [-0.05, 0) is 37.1 Å². The first kappa shape index (κ1) is 18.4. The third kappa shape index (κ3) is 4.13. The van der Waals surface area contributed by atoms with E-state index in [4.69, 9.17) is 4.74 Å². The molecular weight excluding hydrogens is 324 g/mol. The van der Waals surface area contributed by atoms with E-state index in [1.54, 1.807) is 7.11 Å². The number of methoxy groups -OCH3 is 1. The van der Waals surface area contributed by atoms with E-state index in [1.807, 2.05) is 45.0 Å². The van der Waals surface area contributed by atoms with Crippen molar-refractivity contribution < 1.29 is 14.6 Å². The minimum absolute atomic E-state index is 0.0655. The van der Waals surface area contributed by atoms with Crippen LogP contribution in [0.3, 0.4) is 0 Å². The highest BCUT2D eigenvalue weighted by Gasteiger charge is 2.22. The third-order valence-corrected chi connectivity index (χ3v) is 5.39. The van der Waals surface area contributed by atoms with Crippen molar-refractivity contribution in [3.63, 3.8) is 0 Å². The van der Waals surface area contributed by atoms with Gasteiger partial charge in [0.25, 0.3) is 5.91 Å². The minimum atomic E-state index is -0.242. The number of ether oxygens (including phenoxy) is 1. The number of carbonyl (C=O) groups is 1. The lowest BCUT2D eigenvalue weighted by molar-refractivity contribution is 0.0894. The lowest BCUT2D eigenvalue weighted by atomic mass is 10.00. The van der Waals surface area contributed by atoms with Crippen LogP contribution in [-0.4, -0.2) is 35.8 Å². The molecule has 0 aliphatic rings. The molecule has 0 bridgehead atoms. The van der Waals surface area contributed by atoms with Crippen LogP contribution in [0.1, 0.15) is 35.6 Å². The van der Waals surface area contributed by atoms with E-state index in [0.717, 1.165) is 22.7 Å². The van der Waals surface area contributed by atoms with E-state index in [1.165, 1.54) is 11.3 Å². The van der Waals surface area contributed by atoms with Crippen LogP contribution in [0.5, 0.6) is 5.75 Å². The summed E-state index contributed by atoms with van der Waals surface area (Å²) in [5.41, 5.74) is 1.65. The normalized spacial score (nSPS) is 13.4. The molecule has 2 rings (SSSR count). The van der Waals surface area contributed by atoms with Gasteiger partial charge in [-0.2, -0.15) is 0 Å². The Hall–Kier alpha value is -1.92. The Morgan fingerprint density at radius 3 is 2.58 bits per heavy atom. The summed E-state index contributed by atoms with van der Waals surface area (Å²) in [4.78, 5) is 17.6. The fourth-order valence-electron chi connectivity index (χ4n) is 2.35. The fourth-order valence-corrected chi connectivity index (χ4v) is 3.33. The lowest BCUT2D eigenvalue weighted by Gasteiger charge is -2.21. The molecule has 1 amide bonds. The van der Waals surface area contributed by atoms with E-state index in [2.05, 4.69) is 10.3 Å². The number of thiazole rings is 1. The van der Waals surface area contributed by atoms with Gasteiger partial charge in [-0.25, -0.2) is 4.98 Å². The molecule has 1 aromatic carbocycles. The first-order valence-electron chi connectivity index (χ1n) is 8.03. The van der Waals surface area contributed by atoms with Gasteiger partial charge in [-0.15, -0.1) is 11.3 Å². The molecule has 0 saturated heterocycles. The number of rotatable bonds is 7. The zero-order valence-corrected chi connectivity index (χ0v) is 15.3. The Bertz CT molecular complexity index is 682. The number of carbonyl (C=O) groups excluding carboxylic acids is 1. The van der Waals surface area contributed by atoms with E-state index < -0.39 is 0 Å². The molecule has 0 unspecified atom stereocenters. The topological polar surface area (TPSA) is 71.5 Å². The number of hydrogen-bond acceptors (Lipinski definition) is 5. The number of amides is 1. The predicted molar refractivity (Wildman–Crippen MR) is 96.6 cm³/mol. The highest BCUT2D eigenvalue weighted by molar-refractivity contribution is 7.17. The van der Waals surface area contributed by atoms with Crippen molar-refractivity contribution in [1.29, 1.82) is 0 Å². The number of aromatic nitrogens is 1. The minimum Gasteiger partial charge on any atom is -0.497 e. The SMILES string of the molecule is CC[C@@H](C)[C@@H](CO)NC(=O)c1sc(-c2ccc(OC)cc2)nc1C. The van der Waals surface area contributed by atoms with Crippen LogP contribution in [0.25, 0.3) is 10.6 Å². The van der Waals surface area contributed by atoms with Crippen molar-refractivity contribution in [2.24, 2.45) is 5.92 Å². The smallest absolute Gasteiger partial charge is 0.263 e. The number of nitrogens with zero attached hydrogens (tertiary/aromatic N) is 1. The standard InChI is InChI=1S/C18H24N2O3S/c1-5-11(2)15(10-21)20-17(22)16-12(3)19-18(24-16)13-6-8-14(23-4)9-7-13/h6-9,11,15,21H,5,10H2,1-4H3,(H,20,22)/t11-,15-/m1/s1. The molecular formula is C18H24N2O3S. The quantitative estimate of drug-likeness (QED) is 0.806. The molecule has 1 heterocycles. The van der Waals surface area contributed by atoms with Crippen molar-refractivity contribution in [2.75, 3.05) is 13.7 Å². The summed E-state index contributed by atoms with van der Waals surface area (Å²) in [7, 11) is 1.62. The van der Waals surface area contributed by atoms with Gasteiger partial charge in [0.1, 0.15) is 15.6 Å². The van der Waals surface area contributed by atoms with Crippen molar-refractivity contribution in [3.05, 3.63) is 34.8 Å². The Balaban J connectivity index is 2.19. The van der Waals surface area contributed by atoms with Gasteiger partial charge in [0, 0.05) is 5.56 Å². The van der Waals surface area contributed by atoms with Crippen LogP contribution < -0.4 is 10.1 Å². The molecule has 2 N–H and O–H groups in total. The summed E-state index contributed by atoms with van der Waals surface area (Å²) >= 11 is 1.36. The molecule has 0 fully saturated rings. The largest absolute Gasteiger partial charge is 0.497 e. The Morgan fingerprint density at radius 2 is 2.04 bits per heavy atom. The molecule has 0 spiro atoms. The molecule has 2 atom stereocenters. The van der Waals surface area contributed by atoms with Gasteiger partial charge < -0.3 is 15.2 Å². The molecule has 0 aliphatic heterocycles. The van der Waals surface area contributed by atoms with Crippen LogP contribution in [-0.2, 0) is 0 Å². The zero-order valence-electron chi connectivity index (χ0n) is 14.5. The molecule has 2 aromatic rings. The average molecular weight is 348 g/mol. The number of aryl methyl sites for hydroxylation is 1. The molecule has 1 aromatic heterocycles. The second kappa shape index (κ2) is 8.26. The number of aliphatic hydroxyl groups is 1. The zero-order chi connectivity index (χ0) is 17.7. The highest BCUT2D eigenvalue weighted by Crippen LogP contribution is 2.29. The lowest BCUT2D eigenvalue weighted by Crippen LogP contribution is -2.41. The van der Waals surface area contributed by atoms with E-state index in [-0.39, 0.29) is 24.5 Å². The maximum atomic E-state index is 12.5. The summed E-state index contributed by atoms with van der Waals surface area (Å²) in [6, 6.07) is 7.35. The summed E-state index contributed by atoms with van der Waals surface area (Å²) in [5.74, 6) is 0.821. The predicted octanol–water partition coefficient (Wildman–Crippen LogP) is 3.26. The molecule has 24 heavy (non-hydrogen) atoms. The van der Waals surface area contributed by atoms with Crippen LogP contribution in [0.4, 0.5) is 0 Å². The van der Waals surface area contributed by atoms with Gasteiger partial charge in [0.2, 0.25) is 0 Å². The summed E-state index contributed by atoms with van der Waals surface area (Å²) in [6.07, 6.45) is 0.893. The molecule has 0 radical (unpaired) electrons. The Morgan fingerprint density at radius 1 is 1.38 bits per heavy atom. The first-order valence-corrected chi connectivity index (χ1v) is 8.85. The van der Waals surface area contributed by atoms with Crippen LogP contribution in [0.2, 0.25) is 0 Å².